The van der Waals surface area contributed by atoms with E-state index in [0.29, 0.717) is 0 Å². The number of rotatable bonds is 6. The van der Waals surface area contributed by atoms with Gasteiger partial charge in [-0.2, -0.15) is 0 Å². The van der Waals surface area contributed by atoms with Crippen molar-refractivity contribution in [2.75, 3.05) is 4.90 Å². The second kappa shape index (κ2) is 13.4. The standard InChI is InChI=1S/C56H36N2O/c1-3-14-37(15-4-1)39-26-29-43(30-27-39)57(44-31-28-38-16-7-8-18-41(38)34-44)45-32-33-48-50(35-45)58(42-20-5-2-6-21-42)51-36-53-55(49-23-11-12-25-52(49)59-53)56(54(48)51)47-24-13-19-40-17-9-10-22-46(40)47/h1-36H. The number of fused-ring (bicyclic) bond motifs is 8. The van der Waals surface area contributed by atoms with Gasteiger partial charge in [0.1, 0.15) is 11.2 Å². The third-order valence-electron chi connectivity index (χ3n) is 11.9. The quantitative estimate of drug-likeness (QED) is 0.169. The summed E-state index contributed by atoms with van der Waals surface area (Å²) in [7, 11) is 0. The summed E-state index contributed by atoms with van der Waals surface area (Å²) in [5, 5.41) is 9.48. The van der Waals surface area contributed by atoms with Gasteiger partial charge in [-0.05, 0) is 92.8 Å². The molecule has 0 saturated carbocycles. The summed E-state index contributed by atoms with van der Waals surface area (Å²) in [5.74, 6) is 0. The zero-order chi connectivity index (χ0) is 38.9. The SMILES string of the molecule is c1ccc(-c2ccc(N(c3ccc4ccccc4c3)c3ccc4c5c(-c6cccc7ccccc67)c6c(cc5n(-c5ccccc5)c4c3)oc3ccccc36)cc2)cc1. The van der Waals surface area contributed by atoms with Crippen molar-refractivity contribution < 1.29 is 4.42 Å². The maximum atomic E-state index is 6.75. The zero-order valence-corrected chi connectivity index (χ0v) is 32.1. The number of aromatic nitrogens is 1. The Morgan fingerprint density at radius 2 is 0.983 bits per heavy atom. The highest BCUT2D eigenvalue weighted by Crippen LogP contribution is 2.49. The first-order valence-corrected chi connectivity index (χ1v) is 20.2. The highest BCUT2D eigenvalue weighted by Gasteiger charge is 2.25. The van der Waals surface area contributed by atoms with Crippen LogP contribution in [0, 0.1) is 0 Å². The first kappa shape index (κ1) is 33.3. The van der Waals surface area contributed by atoms with Gasteiger partial charge in [0.15, 0.2) is 0 Å². The highest BCUT2D eigenvalue weighted by atomic mass is 16.3. The molecule has 0 bridgehead atoms. The molecule has 12 rings (SSSR count). The average Bonchev–Trinajstić information content (AvgIpc) is 3.84. The van der Waals surface area contributed by atoms with E-state index >= 15 is 0 Å². The topological polar surface area (TPSA) is 21.3 Å². The van der Waals surface area contributed by atoms with Crippen molar-refractivity contribution in [2.45, 2.75) is 0 Å². The molecule has 3 heteroatoms. The number of furan rings is 1. The van der Waals surface area contributed by atoms with Crippen molar-refractivity contribution in [3.63, 3.8) is 0 Å². The van der Waals surface area contributed by atoms with Gasteiger partial charge in [0, 0.05) is 55.9 Å². The Labute approximate surface area is 341 Å². The number of anilines is 3. The van der Waals surface area contributed by atoms with E-state index in [-0.39, 0.29) is 0 Å². The summed E-state index contributed by atoms with van der Waals surface area (Å²) in [6.45, 7) is 0. The van der Waals surface area contributed by atoms with Crippen LogP contribution in [0.15, 0.2) is 223 Å². The smallest absolute Gasteiger partial charge is 0.138 e. The average molecular weight is 753 g/mol. The van der Waals surface area contributed by atoms with Crippen LogP contribution in [-0.2, 0) is 0 Å². The molecule has 10 aromatic carbocycles. The predicted molar refractivity (Wildman–Crippen MR) is 249 cm³/mol. The molecular formula is C56H36N2O. The Balaban J connectivity index is 1.18. The molecule has 12 aromatic rings. The van der Waals surface area contributed by atoms with Crippen molar-refractivity contribution in [3.05, 3.63) is 218 Å². The minimum Gasteiger partial charge on any atom is -0.456 e. The summed E-state index contributed by atoms with van der Waals surface area (Å²) in [4.78, 5) is 2.39. The van der Waals surface area contributed by atoms with E-state index in [9.17, 15) is 0 Å². The van der Waals surface area contributed by atoms with Crippen LogP contribution in [0.3, 0.4) is 0 Å². The van der Waals surface area contributed by atoms with Crippen LogP contribution < -0.4 is 4.90 Å². The Morgan fingerprint density at radius 3 is 1.81 bits per heavy atom. The Hall–Kier alpha value is -7.88. The lowest BCUT2D eigenvalue weighted by Crippen LogP contribution is -2.10. The fourth-order valence-electron chi connectivity index (χ4n) is 9.27. The molecule has 3 nitrogen and oxygen atoms in total. The predicted octanol–water partition coefficient (Wildman–Crippen LogP) is 15.8. The molecule has 0 saturated heterocycles. The molecule has 0 aliphatic heterocycles. The maximum absolute atomic E-state index is 6.75. The minimum atomic E-state index is 0.873. The molecule has 0 unspecified atom stereocenters. The monoisotopic (exact) mass is 752 g/mol. The molecule has 0 atom stereocenters. The zero-order valence-electron chi connectivity index (χ0n) is 32.1. The van der Waals surface area contributed by atoms with Gasteiger partial charge in [0.05, 0.1) is 11.0 Å². The summed E-state index contributed by atoms with van der Waals surface area (Å²) in [6.07, 6.45) is 0. The van der Waals surface area contributed by atoms with Crippen molar-refractivity contribution in [3.8, 4) is 27.9 Å². The highest BCUT2D eigenvalue weighted by molar-refractivity contribution is 6.29. The van der Waals surface area contributed by atoms with Gasteiger partial charge in [-0.3, -0.25) is 0 Å². The van der Waals surface area contributed by atoms with Gasteiger partial charge in [-0.25, -0.2) is 0 Å². The van der Waals surface area contributed by atoms with Crippen molar-refractivity contribution in [1.29, 1.82) is 0 Å². The van der Waals surface area contributed by atoms with Crippen LogP contribution in [0.5, 0.6) is 0 Å². The van der Waals surface area contributed by atoms with E-state index in [1.165, 1.54) is 54.6 Å². The van der Waals surface area contributed by atoms with Gasteiger partial charge < -0.3 is 13.9 Å². The summed E-state index contributed by atoms with van der Waals surface area (Å²) in [5.41, 5.74) is 13.1. The van der Waals surface area contributed by atoms with Crippen LogP contribution in [0.2, 0.25) is 0 Å². The summed E-state index contributed by atoms with van der Waals surface area (Å²) < 4.78 is 9.18. The van der Waals surface area contributed by atoms with Crippen molar-refractivity contribution in [2.24, 2.45) is 0 Å². The second-order valence-corrected chi connectivity index (χ2v) is 15.3. The van der Waals surface area contributed by atoms with E-state index < -0.39 is 0 Å². The van der Waals surface area contributed by atoms with Crippen molar-refractivity contribution >= 4 is 82.4 Å². The molecule has 0 fully saturated rings. The van der Waals surface area contributed by atoms with E-state index in [1.807, 2.05) is 0 Å². The maximum Gasteiger partial charge on any atom is 0.138 e. The number of hydrogen-bond acceptors (Lipinski definition) is 2. The van der Waals surface area contributed by atoms with E-state index in [0.717, 1.165) is 55.7 Å². The Bertz CT molecular complexity index is 3540. The molecule has 59 heavy (non-hydrogen) atoms. The number of benzene rings is 10. The van der Waals surface area contributed by atoms with Gasteiger partial charge in [0.2, 0.25) is 0 Å². The largest absolute Gasteiger partial charge is 0.456 e. The molecule has 0 aliphatic rings. The fourth-order valence-corrected chi connectivity index (χ4v) is 9.27. The van der Waals surface area contributed by atoms with Crippen molar-refractivity contribution in [1.82, 2.24) is 4.57 Å². The molecule has 0 aliphatic carbocycles. The van der Waals surface area contributed by atoms with Crippen LogP contribution in [0.25, 0.3) is 93.2 Å². The van der Waals surface area contributed by atoms with E-state index in [1.54, 1.807) is 0 Å². The fraction of sp³-hybridized carbons (Fsp3) is 0. The summed E-state index contributed by atoms with van der Waals surface area (Å²) in [6, 6.07) is 78.7. The lowest BCUT2D eigenvalue weighted by molar-refractivity contribution is 0.669. The first-order chi connectivity index (χ1) is 29.3. The lowest BCUT2D eigenvalue weighted by Gasteiger charge is -2.26. The van der Waals surface area contributed by atoms with Gasteiger partial charge in [-0.1, -0.05) is 158 Å². The molecular weight excluding hydrogens is 717 g/mol. The second-order valence-electron chi connectivity index (χ2n) is 15.3. The van der Waals surface area contributed by atoms with Gasteiger partial charge in [0.25, 0.3) is 0 Å². The van der Waals surface area contributed by atoms with E-state index in [4.69, 9.17) is 4.42 Å². The first-order valence-electron chi connectivity index (χ1n) is 20.2. The molecule has 0 amide bonds. The molecule has 2 aromatic heterocycles. The van der Waals surface area contributed by atoms with E-state index in [2.05, 4.69) is 228 Å². The van der Waals surface area contributed by atoms with Gasteiger partial charge >= 0.3 is 0 Å². The van der Waals surface area contributed by atoms with Crippen LogP contribution in [0.1, 0.15) is 0 Å². The minimum absolute atomic E-state index is 0.873. The molecule has 0 N–H and O–H groups in total. The number of hydrogen-bond donors (Lipinski definition) is 0. The van der Waals surface area contributed by atoms with Crippen LogP contribution >= 0.6 is 0 Å². The molecule has 0 radical (unpaired) electrons. The van der Waals surface area contributed by atoms with Crippen LogP contribution in [0.4, 0.5) is 17.1 Å². The lowest BCUT2D eigenvalue weighted by atomic mass is 9.91. The molecule has 2 heterocycles. The number of para-hydroxylation sites is 2. The third-order valence-corrected chi connectivity index (χ3v) is 11.9. The number of nitrogens with zero attached hydrogens (tertiary/aromatic N) is 2. The summed E-state index contributed by atoms with van der Waals surface area (Å²) >= 11 is 0. The Kier molecular flexibility index (Phi) is 7.54. The molecule has 0 spiro atoms. The molecule has 276 valence electrons. The van der Waals surface area contributed by atoms with Gasteiger partial charge in [-0.15, -0.1) is 0 Å². The Morgan fingerprint density at radius 1 is 0.356 bits per heavy atom. The normalized spacial score (nSPS) is 11.7. The third kappa shape index (κ3) is 5.36. The van der Waals surface area contributed by atoms with Crippen LogP contribution in [-0.4, -0.2) is 4.57 Å².